The van der Waals surface area contributed by atoms with Crippen LogP contribution in [0.15, 0.2) is 12.3 Å². The Bertz CT molecular complexity index is 527. The van der Waals surface area contributed by atoms with E-state index in [1.807, 2.05) is 4.90 Å². The summed E-state index contributed by atoms with van der Waals surface area (Å²) in [5.74, 6) is -3.28. The van der Waals surface area contributed by atoms with Gasteiger partial charge in [0.2, 0.25) is 12.3 Å². The van der Waals surface area contributed by atoms with Gasteiger partial charge in [-0.15, -0.1) is 0 Å². The first-order valence-corrected chi connectivity index (χ1v) is 7.51. The molecule has 0 bridgehead atoms. The van der Waals surface area contributed by atoms with Crippen molar-refractivity contribution in [2.75, 3.05) is 19.6 Å². The molecule has 9 heteroatoms. The Kier molecular flexibility index (Phi) is 5.30. The first-order chi connectivity index (χ1) is 10.9. The van der Waals surface area contributed by atoms with Crippen LogP contribution in [0, 0.1) is 0 Å². The van der Waals surface area contributed by atoms with E-state index in [0.717, 1.165) is 0 Å². The monoisotopic (exact) mass is 329 g/mol. The lowest BCUT2D eigenvalue weighted by Gasteiger charge is -2.33. The standard InChI is InChI=1S/C14H21F2N5O2/c15-13(16)4-8-21(9-5-13)7-1-3-14(12(17)23,18-10-22)11-2-6-19-20-11/h2,6,10H,1,3-5,7-9H2,(H2,17,23)(H,18,22)(H,19,20). The SMILES string of the molecule is NC(=O)C(CCCN1CCC(F)(F)CC1)(NC=O)c1ccn[nH]1. The van der Waals surface area contributed by atoms with Crippen molar-refractivity contribution < 1.29 is 18.4 Å². The lowest BCUT2D eigenvalue weighted by atomic mass is 9.88. The first kappa shape index (κ1) is 17.3. The molecule has 128 valence electrons. The summed E-state index contributed by atoms with van der Waals surface area (Å²) in [5.41, 5.74) is 4.52. The van der Waals surface area contributed by atoms with Crippen LogP contribution in [0.5, 0.6) is 0 Å². The largest absolute Gasteiger partial charge is 0.367 e. The summed E-state index contributed by atoms with van der Waals surface area (Å²) in [7, 11) is 0. The van der Waals surface area contributed by atoms with Crippen LogP contribution in [0.2, 0.25) is 0 Å². The van der Waals surface area contributed by atoms with Crippen molar-refractivity contribution >= 4 is 12.3 Å². The molecule has 1 fully saturated rings. The zero-order chi connectivity index (χ0) is 16.9. The van der Waals surface area contributed by atoms with E-state index in [1.54, 1.807) is 6.07 Å². The number of likely N-dealkylation sites (tertiary alicyclic amines) is 1. The Morgan fingerprint density at radius 1 is 1.52 bits per heavy atom. The third-order valence-electron chi connectivity index (χ3n) is 4.30. The van der Waals surface area contributed by atoms with Gasteiger partial charge >= 0.3 is 0 Å². The number of primary amides is 1. The molecule has 1 saturated heterocycles. The van der Waals surface area contributed by atoms with Gasteiger partial charge in [0.15, 0.2) is 5.54 Å². The van der Waals surface area contributed by atoms with Gasteiger partial charge in [-0.1, -0.05) is 0 Å². The molecular formula is C14H21F2N5O2. The maximum absolute atomic E-state index is 13.1. The average molecular weight is 329 g/mol. The number of hydrogen-bond donors (Lipinski definition) is 3. The van der Waals surface area contributed by atoms with E-state index in [2.05, 4.69) is 15.5 Å². The van der Waals surface area contributed by atoms with Crippen molar-refractivity contribution in [3.05, 3.63) is 18.0 Å². The number of rotatable bonds is 8. The molecule has 0 aliphatic carbocycles. The average Bonchev–Trinajstić information content (AvgIpc) is 3.02. The third-order valence-corrected chi connectivity index (χ3v) is 4.30. The predicted octanol–water partition coefficient (Wildman–Crippen LogP) is 0.348. The van der Waals surface area contributed by atoms with Crippen LogP contribution >= 0.6 is 0 Å². The van der Waals surface area contributed by atoms with E-state index in [4.69, 9.17) is 5.73 Å². The number of amides is 2. The van der Waals surface area contributed by atoms with E-state index in [9.17, 15) is 18.4 Å². The van der Waals surface area contributed by atoms with Gasteiger partial charge in [-0.25, -0.2) is 8.78 Å². The van der Waals surface area contributed by atoms with Crippen molar-refractivity contribution in [1.29, 1.82) is 0 Å². The highest BCUT2D eigenvalue weighted by atomic mass is 19.3. The molecule has 7 nitrogen and oxygen atoms in total. The second-order valence-electron chi connectivity index (χ2n) is 5.80. The number of aromatic amines is 1. The molecule has 1 aliphatic heterocycles. The molecule has 0 spiro atoms. The number of nitrogens with one attached hydrogen (secondary N) is 2. The minimum absolute atomic E-state index is 0.152. The normalized spacial score (nSPS) is 20.6. The molecule has 4 N–H and O–H groups in total. The zero-order valence-electron chi connectivity index (χ0n) is 12.7. The summed E-state index contributed by atoms with van der Waals surface area (Å²) in [5, 5.41) is 8.93. The van der Waals surface area contributed by atoms with Gasteiger partial charge in [-0.05, 0) is 25.5 Å². The molecule has 2 rings (SSSR count). The number of piperidine rings is 1. The summed E-state index contributed by atoms with van der Waals surface area (Å²) in [6.07, 6.45) is 2.37. The van der Waals surface area contributed by atoms with Crippen LogP contribution in [0.25, 0.3) is 0 Å². The van der Waals surface area contributed by atoms with Crippen molar-refractivity contribution in [2.45, 2.75) is 37.1 Å². The highest BCUT2D eigenvalue weighted by Gasteiger charge is 2.40. The Hall–Kier alpha value is -2.03. The van der Waals surface area contributed by atoms with Gasteiger partial charge in [0.1, 0.15) is 0 Å². The Morgan fingerprint density at radius 3 is 2.74 bits per heavy atom. The fraction of sp³-hybridized carbons (Fsp3) is 0.643. The minimum Gasteiger partial charge on any atom is -0.367 e. The van der Waals surface area contributed by atoms with Crippen LogP contribution in [-0.4, -0.2) is 53.0 Å². The van der Waals surface area contributed by atoms with Crippen molar-refractivity contribution in [3.8, 4) is 0 Å². The van der Waals surface area contributed by atoms with Gasteiger partial charge in [-0.2, -0.15) is 5.10 Å². The van der Waals surface area contributed by atoms with Crippen molar-refractivity contribution in [3.63, 3.8) is 0 Å². The Labute approximate surface area is 132 Å². The maximum atomic E-state index is 13.1. The number of hydrogen-bond acceptors (Lipinski definition) is 4. The van der Waals surface area contributed by atoms with Crippen LogP contribution in [-0.2, 0) is 15.1 Å². The van der Waals surface area contributed by atoms with Gasteiger partial charge in [0.05, 0.1) is 5.69 Å². The minimum atomic E-state index is -2.58. The fourth-order valence-corrected chi connectivity index (χ4v) is 2.88. The topological polar surface area (TPSA) is 104 Å². The molecule has 1 aromatic heterocycles. The number of aromatic nitrogens is 2. The number of alkyl halides is 2. The van der Waals surface area contributed by atoms with E-state index >= 15 is 0 Å². The zero-order valence-corrected chi connectivity index (χ0v) is 12.7. The van der Waals surface area contributed by atoms with E-state index in [1.165, 1.54) is 6.20 Å². The third kappa shape index (κ3) is 4.04. The number of carbonyl (C=O) groups is 2. The molecule has 2 heterocycles. The molecule has 1 aliphatic rings. The molecule has 1 atom stereocenters. The summed E-state index contributed by atoms with van der Waals surface area (Å²) in [6.45, 7) is 1.20. The Balaban J connectivity index is 1.97. The van der Waals surface area contributed by atoms with Crippen LogP contribution in [0.3, 0.4) is 0 Å². The molecule has 0 saturated carbocycles. The number of H-pyrrole nitrogens is 1. The number of nitrogens with two attached hydrogens (primary N) is 1. The van der Waals surface area contributed by atoms with Gasteiger partial charge in [0.25, 0.3) is 5.92 Å². The van der Waals surface area contributed by atoms with Crippen molar-refractivity contribution in [1.82, 2.24) is 20.4 Å². The molecule has 0 aromatic carbocycles. The highest BCUT2D eigenvalue weighted by Crippen LogP contribution is 2.29. The molecule has 0 radical (unpaired) electrons. The molecule has 2 amide bonds. The van der Waals surface area contributed by atoms with Crippen molar-refractivity contribution in [2.24, 2.45) is 5.73 Å². The molecule has 1 aromatic rings. The highest BCUT2D eigenvalue weighted by molar-refractivity contribution is 5.87. The van der Waals surface area contributed by atoms with E-state index in [0.29, 0.717) is 38.2 Å². The molecular weight excluding hydrogens is 308 g/mol. The van der Waals surface area contributed by atoms with Gasteiger partial charge in [-0.3, -0.25) is 14.7 Å². The van der Waals surface area contributed by atoms with Gasteiger partial charge in [0, 0.05) is 32.1 Å². The molecule has 23 heavy (non-hydrogen) atoms. The van der Waals surface area contributed by atoms with Crippen LogP contribution in [0.1, 0.15) is 31.4 Å². The quantitative estimate of drug-likeness (QED) is 0.599. The smallest absolute Gasteiger partial charge is 0.250 e. The number of halogens is 2. The lowest BCUT2D eigenvalue weighted by molar-refractivity contribution is -0.128. The predicted molar refractivity (Wildman–Crippen MR) is 78.5 cm³/mol. The van der Waals surface area contributed by atoms with Gasteiger partial charge < -0.3 is 16.0 Å². The first-order valence-electron chi connectivity index (χ1n) is 7.51. The second-order valence-corrected chi connectivity index (χ2v) is 5.80. The number of nitrogens with zero attached hydrogens (tertiary/aromatic N) is 2. The van der Waals surface area contributed by atoms with Crippen LogP contribution in [0.4, 0.5) is 8.78 Å². The summed E-state index contributed by atoms with van der Waals surface area (Å²) in [4.78, 5) is 24.8. The number of carbonyl (C=O) groups excluding carboxylic acids is 2. The fourth-order valence-electron chi connectivity index (χ4n) is 2.88. The summed E-state index contributed by atoms with van der Waals surface area (Å²) in [6, 6.07) is 1.57. The second kappa shape index (κ2) is 7.03. The Morgan fingerprint density at radius 2 is 2.22 bits per heavy atom. The lowest BCUT2D eigenvalue weighted by Crippen LogP contribution is -2.53. The summed E-state index contributed by atoms with van der Waals surface area (Å²) >= 11 is 0. The maximum Gasteiger partial charge on any atom is 0.250 e. The van der Waals surface area contributed by atoms with Crippen LogP contribution < -0.4 is 11.1 Å². The van der Waals surface area contributed by atoms with E-state index in [-0.39, 0.29) is 19.3 Å². The van der Waals surface area contributed by atoms with E-state index < -0.39 is 17.4 Å². The summed E-state index contributed by atoms with van der Waals surface area (Å²) < 4.78 is 26.3. The molecule has 1 unspecified atom stereocenters.